The molecule has 0 heterocycles. The molecule has 1 N–H and O–H groups in total. The van der Waals surface area contributed by atoms with Gasteiger partial charge in [-0.1, -0.05) is 29.8 Å². The van der Waals surface area contributed by atoms with Gasteiger partial charge in [0.1, 0.15) is 0 Å². The molecule has 0 aliphatic heterocycles. The molecular formula is C14H16O2. The van der Waals surface area contributed by atoms with Crippen LogP contribution in [0.15, 0.2) is 35.9 Å². The minimum absolute atomic E-state index is 0.506. The molecule has 1 aliphatic carbocycles. The second kappa shape index (κ2) is 4.52. The monoisotopic (exact) mass is 216 g/mol. The largest absolute Gasteiger partial charge is 0.478 e. The zero-order valence-electron chi connectivity index (χ0n) is 9.44. The standard InChI is InChI=1S/C14H16O2/c1-10-4-2-3-5-13(10)12-7-6-11(8-12)9-14(15)16/h2-5,9,12H,6-8H2,1H3,(H,15,16)/b11-9+. The van der Waals surface area contributed by atoms with Gasteiger partial charge < -0.3 is 5.11 Å². The number of benzene rings is 1. The van der Waals surface area contributed by atoms with E-state index >= 15 is 0 Å². The molecule has 2 heteroatoms. The van der Waals surface area contributed by atoms with Crippen molar-refractivity contribution in [1.82, 2.24) is 0 Å². The summed E-state index contributed by atoms with van der Waals surface area (Å²) in [6, 6.07) is 8.38. The average molecular weight is 216 g/mol. The molecule has 0 radical (unpaired) electrons. The third-order valence-corrected chi connectivity index (χ3v) is 3.28. The van der Waals surface area contributed by atoms with Crippen molar-refractivity contribution in [3.63, 3.8) is 0 Å². The van der Waals surface area contributed by atoms with Gasteiger partial charge >= 0.3 is 5.97 Å². The molecule has 1 aromatic rings. The minimum atomic E-state index is -0.819. The SMILES string of the molecule is Cc1ccccc1C1CC/C(=C\C(=O)O)C1. The van der Waals surface area contributed by atoms with E-state index in [4.69, 9.17) is 5.11 Å². The van der Waals surface area contributed by atoms with Crippen LogP contribution in [-0.2, 0) is 4.79 Å². The van der Waals surface area contributed by atoms with Gasteiger partial charge in [-0.3, -0.25) is 0 Å². The number of carbonyl (C=O) groups is 1. The molecule has 1 atom stereocenters. The highest BCUT2D eigenvalue weighted by Crippen LogP contribution is 2.38. The van der Waals surface area contributed by atoms with Crippen LogP contribution in [0.1, 0.15) is 36.3 Å². The number of allylic oxidation sites excluding steroid dienone is 1. The number of carboxylic acids is 1. The third kappa shape index (κ3) is 2.32. The first-order chi connectivity index (χ1) is 7.66. The topological polar surface area (TPSA) is 37.3 Å². The van der Waals surface area contributed by atoms with E-state index < -0.39 is 5.97 Å². The Morgan fingerprint density at radius 3 is 2.88 bits per heavy atom. The fourth-order valence-corrected chi connectivity index (χ4v) is 2.50. The number of carboxylic acid groups (broad SMARTS) is 1. The van der Waals surface area contributed by atoms with Crippen LogP contribution in [0, 0.1) is 6.92 Å². The number of aliphatic carboxylic acids is 1. The molecule has 1 unspecified atom stereocenters. The van der Waals surface area contributed by atoms with E-state index in [-0.39, 0.29) is 0 Å². The van der Waals surface area contributed by atoms with Gasteiger partial charge in [-0.2, -0.15) is 0 Å². The lowest BCUT2D eigenvalue weighted by atomic mass is 9.93. The maximum Gasteiger partial charge on any atom is 0.328 e. The first kappa shape index (κ1) is 10.9. The predicted molar refractivity (Wildman–Crippen MR) is 63.5 cm³/mol. The molecular weight excluding hydrogens is 200 g/mol. The lowest BCUT2D eigenvalue weighted by Gasteiger charge is -2.11. The Morgan fingerprint density at radius 1 is 1.44 bits per heavy atom. The van der Waals surface area contributed by atoms with Crippen LogP contribution in [-0.4, -0.2) is 11.1 Å². The summed E-state index contributed by atoms with van der Waals surface area (Å²) in [7, 11) is 0. The molecule has 1 saturated carbocycles. The highest BCUT2D eigenvalue weighted by atomic mass is 16.4. The maximum atomic E-state index is 10.6. The average Bonchev–Trinajstić information content (AvgIpc) is 2.66. The van der Waals surface area contributed by atoms with Gasteiger partial charge in [0.2, 0.25) is 0 Å². The molecule has 1 aliphatic rings. The summed E-state index contributed by atoms with van der Waals surface area (Å²) < 4.78 is 0. The summed E-state index contributed by atoms with van der Waals surface area (Å²) in [5.41, 5.74) is 3.75. The molecule has 0 saturated heterocycles. The Balaban J connectivity index is 2.15. The molecule has 0 bridgehead atoms. The van der Waals surface area contributed by atoms with Crippen LogP contribution in [0.25, 0.3) is 0 Å². The number of hydrogen-bond donors (Lipinski definition) is 1. The number of hydrogen-bond acceptors (Lipinski definition) is 1. The Morgan fingerprint density at radius 2 is 2.19 bits per heavy atom. The minimum Gasteiger partial charge on any atom is -0.478 e. The van der Waals surface area contributed by atoms with Crippen molar-refractivity contribution in [2.75, 3.05) is 0 Å². The quantitative estimate of drug-likeness (QED) is 0.770. The van der Waals surface area contributed by atoms with Crippen LogP contribution >= 0.6 is 0 Å². The summed E-state index contributed by atoms with van der Waals surface area (Å²) in [6.45, 7) is 2.12. The Kier molecular flexibility index (Phi) is 3.09. The van der Waals surface area contributed by atoms with E-state index in [0.29, 0.717) is 5.92 Å². The van der Waals surface area contributed by atoms with Crippen LogP contribution < -0.4 is 0 Å². The Hall–Kier alpha value is -1.57. The fourth-order valence-electron chi connectivity index (χ4n) is 2.50. The van der Waals surface area contributed by atoms with Crippen LogP contribution in [0.3, 0.4) is 0 Å². The van der Waals surface area contributed by atoms with Gasteiger partial charge in [-0.15, -0.1) is 0 Å². The molecule has 1 aromatic carbocycles. The molecule has 16 heavy (non-hydrogen) atoms. The summed E-state index contributed by atoms with van der Waals surface area (Å²) in [4.78, 5) is 10.6. The van der Waals surface area contributed by atoms with E-state index in [0.717, 1.165) is 24.8 Å². The van der Waals surface area contributed by atoms with Crippen molar-refractivity contribution >= 4 is 5.97 Å². The van der Waals surface area contributed by atoms with E-state index in [2.05, 4.69) is 25.1 Å². The second-order valence-corrected chi connectivity index (χ2v) is 4.44. The summed E-state index contributed by atoms with van der Waals surface area (Å²) in [5, 5.41) is 8.71. The van der Waals surface area contributed by atoms with Gasteiger partial charge in [0, 0.05) is 6.08 Å². The predicted octanol–water partition coefficient (Wildman–Crippen LogP) is 3.27. The molecule has 84 valence electrons. The summed E-state index contributed by atoms with van der Waals surface area (Å²) in [5.74, 6) is -0.313. The Labute approximate surface area is 95.6 Å². The Bertz CT molecular complexity index is 432. The smallest absolute Gasteiger partial charge is 0.328 e. The van der Waals surface area contributed by atoms with Crippen LogP contribution in [0.5, 0.6) is 0 Å². The van der Waals surface area contributed by atoms with Crippen molar-refractivity contribution < 1.29 is 9.90 Å². The van der Waals surface area contributed by atoms with E-state index in [1.807, 2.05) is 6.07 Å². The van der Waals surface area contributed by atoms with Gasteiger partial charge in [-0.25, -0.2) is 4.79 Å². The molecule has 0 amide bonds. The van der Waals surface area contributed by atoms with Crippen molar-refractivity contribution in [1.29, 1.82) is 0 Å². The summed E-state index contributed by atoms with van der Waals surface area (Å²) in [6.07, 6.45) is 4.27. The van der Waals surface area contributed by atoms with Crippen molar-refractivity contribution in [3.05, 3.63) is 47.0 Å². The maximum absolute atomic E-state index is 10.6. The van der Waals surface area contributed by atoms with Gasteiger partial charge in [0.15, 0.2) is 0 Å². The first-order valence-corrected chi connectivity index (χ1v) is 5.64. The van der Waals surface area contributed by atoms with Gasteiger partial charge in [0.05, 0.1) is 0 Å². The number of rotatable bonds is 2. The highest BCUT2D eigenvalue weighted by molar-refractivity contribution is 5.80. The van der Waals surface area contributed by atoms with Gasteiger partial charge in [0.25, 0.3) is 0 Å². The normalized spacial score (nSPS) is 22.6. The van der Waals surface area contributed by atoms with Crippen molar-refractivity contribution in [3.8, 4) is 0 Å². The molecule has 0 aromatic heterocycles. The fraction of sp³-hybridized carbons (Fsp3) is 0.357. The lowest BCUT2D eigenvalue weighted by Crippen LogP contribution is -1.95. The molecule has 0 spiro atoms. The summed E-state index contributed by atoms with van der Waals surface area (Å²) >= 11 is 0. The molecule has 2 nitrogen and oxygen atoms in total. The second-order valence-electron chi connectivity index (χ2n) is 4.44. The number of aryl methyl sites for hydroxylation is 1. The van der Waals surface area contributed by atoms with Gasteiger partial charge in [-0.05, 0) is 43.2 Å². The molecule has 1 fully saturated rings. The zero-order valence-corrected chi connectivity index (χ0v) is 9.44. The van der Waals surface area contributed by atoms with Crippen molar-refractivity contribution in [2.24, 2.45) is 0 Å². The van der Waals surface area contributed by atoms with Crippen molar-refractivity contribution in [2.45, 2.75) is 32.1 Å². The first-order valence-electron chi connectivity index (χ1n) is 5.64. The van der Waals surface area contributed by atoms with E-state index in [9.17, 15) is 4.79 Å². The third-order valence-electron chi connectivity index (χ3n) is 3.28. The molecule has 2 rings (SSSR count). The van der Waals surface area contributed by atoms with E-state index in [1.54, 1.807) is 0 Å². The van der Waals surface area contributed by atoms with Crippen LogP contribution in [0.2, 0.25) is 0 Å². The van der Waals surface area contributed by atoms with E-state index in [1.165, 1.54) is 17.2 Å². The lowest BCUT2D eigenvalue weighted by molar-refractivity contribution is -0.131. The van der Waals surface area contributed by atoms with Crippen LogP contribution in [0.4, 0.5) is 0 Å². The zero-order chi connectivity index (χ0) is 11.5. The highest BCUT2D eigenvalue weighted by Gasteiger charge is 2.22.